The number of carbonyl (C=O) groups is 3. The predicted octanol–water partition coefficient (Wildman–Crippen LogP) is 9.55. The number of hydrogen-bond donors (Lipinski definition) is 5. The van der Waals surface area contributed by atoms with Crippen LogP contribution in [-0.2, 0) is 59.9 Å². The molecule has 3 aromatic heterocycles. The molecule has 1 fully saturated rings. The summed E-state index contributed by atoms with van der Waals surface area (Å²) in [5, 5.41) is 39.0. The maximum absolute atomic E-state index is 13.3. The lowest BCUT2D eigenvalue weighted by molar-refractivity contribution is 0.0768. The average molecular weight is 1270 g/mol. The van der Waals surface area contributed by atoms with Crippen LogP contribution in [0.4, 0.5) is 18.9 Å². The van der Waals surface area contributed by atoms with Crippen LogP contribution in [0.3, 0.4) is 0 Å². The number of phenols is 3. The van der Waals surface area contributed by atoms with E-state index in [9.17, 15) is 55.5 Å². The molecule has 1 atom stereocenters. The first-order valence-electron chi connectivity index (χ1n) is 28.0. The van der Waals surface area contributed by atoms with Gasteiger partial charge in [-0.25, -0.2) is 25.8 Å². The van der Waals surface area contributed by atoms with Crippen LogP contribution in [0.25, 0.3) is 32.7 Å². The average Bonchev–Trinajstić information content (AvgIpc) is 1.81. The molecular weight excluding hydrogens is 1220 g/mol. The zero-order valence-electron chi connectivity index (χ0n) is 48.3. The summed E-state index contributed by atoms with van der Waals surface area (Å²) in [6, 6.07) is 22.3. The fourth-order valence-corrected chi connectivity index (χ4v) is 14.5. The van der Waals surface area contributed by atoms with Gasteiger partial charge in [0, 0.05) is 76.8 Å². The number of rotatable bonds is 15. The summed E-state index contributed by atoms with van der Waals surface area (Å²) in [6.07, 6.45) is 8.53. The molecule has 6 aromatic carbocycles. The maximum atomic E-state index is 13.3. The van der Waals surface area contributed by atoms with Gasteiger partial charge in [0.25, 0.3) is 17.7 Å². The van der Waals surface area contributed by atoms with Crippen molar-refractivity contribution in [2.24, 2.45) is 5.92 Å². The largest absolute Gasteiger partial charge is 0.505 e. The first-order valence-corrected chi connectivity index (χ1v) is 31.3. The van der Waals surface area contributed by atoms with Crippen LogP contribution in [0, 0.1) is 23.4 Å². The van der Waals surface area contributed by atoms with Crippen molar-refractivity contribution in [3.63, 3.8) is 0 Å². The van der Waals surface area contributed by atoms with Crippen molar-refractivity contribution in [2.45, 2.75) is 65.6 Å². The molecule has 9 aromatic rings. The lowest BCUT2D eigenvalue weighted by Gasteiger charge is -2.26. The molecule has 1 unspecified atom stereocenters. The Labute approximate surface area is 516 Å². The predicted molar refractivity (Wildman–Crippen MR) is 330 cm³/mol. The minimum absolute atomic E-state index is 0. The number of methoxy groups -OCH3 is 2. The van der Waals surface area contributed by atoms with Crippen LogP contribution in [0.1, 0.15) is 108 Å². The number of nitrogens with zero attached hydrogens (tertiary/aromatic N) is 5. The Kier molecular flexibility index (Phi) is 18.1. The van der Waals surface area contributed by atoms with Crippen molar-refractivity contribution in [1.29, 1.82) is 0 Å². The zero-order chi connectivity index (χ0) is 62.5. The number of amides is 3. The van der Waals surface area contributed by atoms with E-state index in [-0.39, 0.29) is 103 Å². The highest BCUT2D eigenvalue weighted by Crippen LogP contribution is 2.47. The van der Waals surface area contributed by atoms with Crippen LogP contribution in [-0.4, -0.2) is 103 Å². The molecule has 0 radical (unpaired) electrons. The number of sulfonamides is 1. The highest BCUT2D eigenvalue weighted by atomic mass is 35.5. The van der Waals surface area contributed by atoms with Gasteiger partial charge in [-0.2, -0.15) is 3.71 Å². The second-order valence-corrected chi connectivity index (χ2v) is 25.8. The van der Waals surface area contributed by atoms with Crippen molar-refractivity contribution in [2.75, 3.05) is 36.0 Å². The molecule has 3 amide bonds. The summed E-state index contributed by atoms with van der Waals surface area (Å²) in [5.74, 6) is -1.34. The SMILES string of the molecule is CCS(=O)N(c1c2c(c(O)c3ncc(Cc4ccc(F)cc4)cc13)C(=O)NC2)S(=O)(=O)CC.COc1c2c(c(O)c3ncc(Cc4ccc(F)c(Cl)c4)cc13)C(=O)NC2.COc1c2c(c(O)c3ncc(Cc4ccc(F)cc4)cc13)C(=O)N(CC1CC1)C2.O. The fraction of sp³-hybridized carbons (Fsp3) is 0.250. The molecule has 0 saturated heterocycles. The van der Waals surface area contributed by atoms with Gasteiger partial charge in [0.05, 0.1) is 53.9 Å². The molecule has 0 bridgehead atoms. The van der Waals surface area contributed by atoms with E-state index in [1.807, 2.05) is 12.1 Å². The van der Waals surface area contributed by atoms with Gasteiger partial charge in [0.15, 0.2) is 17.2 Å². The van der Waals surface area contributed by atoms with Gasteiger partial charge in [-0.1, -0.05) is 48.9 Å². The van der Waals surface area contributed by atoms with Crippen molar-refractivity contribution >= 4 is 88.7 Å². The summed E-state index contributed by atoms with van der Waals surface area (Å²) in [4.78, 5) is 52.1. The van der Waals surface area contributed by atoms with Gasteiger partial charge in [0.2, 0.25) is 10.0 Å². The molecular formula is C64H59ClF3N7O12S2. The van der Waals surface area contributed by atoms with E-state index in [2.05, 4.69) is 25.6 Å². The van der Waals surface area contributed by atoms with E-state index >= 15 is 0 Å². The minimum atomic E-state index is -4.00. The number of carbonyl (C=O) groups excluding carboxylic acids is 3. The van der Waals surface area contributed by atoms with E-state index in [0.717, 1.165) is 56.5 Å². The Balaban J connectivity index is 0.000000147. The highest BCUT2D eigenvalue weighted by Gasteiger charge is 2.40. The van der Waals surface area contributed by atoms with Gasteiger partial charge < -0.3 is 45.8 Å². The quantitative estimate of drug-likeness (QED) is 0.0639. The number of anilines is 1. The third-order valence-corrected chi connectivity index (χ3v) is 19.6. The smallest absolute Gasteiger partial charge is 0.258 e. The molecule has 7 N–H and O–H groups in total. The minimum Gasteiger partial charge on any atom is -0.505 e. The number of pyridine rings is 3. The zero-order valence-corrected chi connectivity index (χ0v) is 50.7. The van der Waals surface area contributed by atoms with Crippen molar-refractivity contribution in [3.05, 3.63) is 193 Å². The van der Waals surface area contributed by atoms with E-state index in [1.54, 1.807) is 73.8 Å². The van der Waals surface area contributed by atoms with Crippen molar-refractivity contribution in [1.82, 2.24) is 30.5 Å². The number of aromatic hydroxyl groups is 3. The third kappa shape index (κ3) is 12.3. The molecule has 3 aliphatic heterocycles. The first-order chi connectivity index (χ1) is 42.2. The summed E-state index contributed by atoms with van der Waals surface area (Å²) in [7, 11) is -2.85. The fourth-order valence-electron chi connectivity index (χ4n) is 11.3. The van der Waals surface area contributed by atoms with Crippen LogP contribution in [0.15, 0.2) is 104 Å². The Hall–Kier alpha value is -9.10. The van der Waals surface area contributed by atoms with Gasteiger partial charge >= 0.3 is 0 Å². The summed E-state index contributed by atoms with van der Waals surface area (Å²) < 4.78 is 90.8. The van der Waals surface area contributed by atoms with E-state index in [0.29, 0.717) is 88.3 Å². The molecule has 1 aliphatic carbocycles. The molecule has 6 heterocycles. The number of halogens is 4. The standard InChI is InChI=1S/C23H21FN2O3.C22H22FN3O5S2.C19H14ClFN2O3.H2O/c1-29-22-17-9-15(8-13-4-6-16(24)7-5-13)10-25-20(17)21(27)19-18(22)12-26(23(19)28)11-14-2-3-14;1-3-32(29)26(33(30,31)4-2)20-16-10-14(9-13-5-7-15(23)8-6-13)11-24-19(16)21(27)18-17(20)12-25-22(18)28;1-26-18-11-5-10(4-9-2-3-14(21)13(20)6-9)7-22-16(11)17(24)15-12(18)8-23-19(15)25;/h4-7,9-10,14,27H,2-3,8,11-12H2,1H3;5-8,10-11,27H,3-4,9,12H2,1-2H3,(H,25,28);2-3,5-7,24H,4,8H2,1H3,(H,23,25);1H2. The Bertz CT molecular complexity index is 4490. The normalized spacial score (nSPS) is 14.2. The molecule has 4 aliphatic rings. The number of hydrogen-bond acceptors (Lipinski definition) is 14. The lowest BCUT2D eigenvalue weighted by atomic mass is 9.99. The first kappa shape index (κ1) is 62.9. The summed E-state index contributed by atoms with van der Waals surface area (Å²) in [5.41, 5.74) is 7.86. The van der Waals surface area contributed by atoms with E-state index in [1.165, 1.54) is 50.6 Å². The van der Waals surface area contributed by atoms with Gasteiger partial charge in [-0.05, 0) is 133 Å². The molecule has 0 spiro atoms. The molecule has 13 rings (SSSR count). The topological polar surface area (TPSA) is 282 Å². The van der Waals surface area contributed by atoms with Gasteiger partial charge in [-0.3, -0.25) is 29.3 Å². The number of aromatic nitrogens is 3. The van der Waals surface area contributed by atoms with E-state index in [4.69, 9.17) is 21.1 Å². The number of fused-ring (bicyclic) bond motifs is 6. The van der Waals surface area contributed by atoms with Crippen LogP contribution in [0.5, 0.6) is 28.7 Å². The third-order valence-electron chi connectivity index (χ3n) is 15.7. The van der Waals surface area contributed by atoms with Crippen molar-refractivity contribution < 1.29 is 70.5 Å². The summed E-state index contributed by atoms with van der Waals surface area (Å²) >= 11 is 5.84. The lowest BCUT2D eigenvalue weighted by Crippen LogP contribution is -2.36. The second-order valence-electron chi connectivity index (χ2n) is 21.5. The van der Waals surface area contributed by atoms with Gasteiger partial charge in [-0.15, -0.1) is 0 Å². The Morgan fingerprint density at radius 2 is 1.09 bits per heavy atom. The molecule has 25 heteroatoms. The maximum Gasteiger partial charge on any atom is 0.258 e. The van der Waals surface area contributed by atoms with Crippen LogP contribution >= 0.6 is 11.6 Å². The Morgan fingerprint density at radius 3 is 1.57 bits per heavy atom. The highest BCUT2D eigenvalue weighted by molar-refractivity contribution is 8.07. The molecule has 89 heavy (non-hydrogen) atoms. The van der Waals surface area contributed by atoms with Crippen LogP contribution < -0.4 is 23.8 Å². The Morgan fingerprint density at radius 1 is 0.640 bits per heavy atom. The van der Waals surface area contributed by atoms with Crippen molar-refractivity contribution in [3.8, 4) is 28.7 Å². The van der Waals surface area contributed by atoms with Crippen LogP contribution in [0.2, 0.25) is 5.02 Å². The monoisotopic (exact) mass is 1270 g/mol. The summed E-state index contributed by atoms with van der Waals surface area (Å²) in [6.45, 7) is 4.47. The number of benzene rings is 6. The molecule has 462 valence electrons. The van der Waals surface area contributed by atoms with E-state index < -0.39 is 32.7 Å². The van der Waals surface area contributed by atoms with Gasteiger partial charge in [0.1, 0.15) is 56.5 Å². The number of nitrogens with one attached hydrogen (secondary N) is 2. The number of phenolic OH excluding ortho intramolecular Hbond substituents is 3. The molecule has 1 saturated carbocycles. The second kappa shape index (κ2) is 25.5. The number of ether oxygens (including phenoxy) is 2. The molecule has 19 nitrogen and oxygen atoms in total.